The van der Waals surface area contributed by atoms with Crippen LogP contribution in [0.15, 0.2) is 65.3 Å². The van der Waals surface area contributed by atoms with Gasteiger partial charge in [-0.25, -0.2) is 4.79 Å². The fourth-order valence-corrected chi connectivity index (χ4v) is 2.31. The molecule has 0 aromatic heterocycles. The summed E-state index contributed by atoms with van der Waals surface area (Å²) in [7, 11) is 0. The maximum absolute atomic E-state index is 11.6. The monoisotopic (exact) mass is 327 g/mol. The molecule has 0 spiro atoms. The van der Waals surface area contributed by atoms with Gasteiger partial charge in [0, 0.05) is 0 Å². The molecule has 0 amide bonds. The molecule has 0 unspecified atom stereocenters. The zero-order valence-electron chi connectivity index (χ0n) is 12.2. The maximum Gasteiger partial charge on any atom is 0.367 e. The van der Waals surface area contributed by atoms with Crippen molar-refractivity contribution in [3.63, 3.8) is 0 Å². The molecule has 0 radical (unpaired) electrons. The van der Waals surface area contributed by atoms with E-state index in [0.29, 0.717) is 17.9 Å². The van der Waals surface area contributed by atoms with E-state index in [-0.39, 0.29) is 5.88 Å². The number of oxime groups is 1. The lowest BCUT2D eigenvalue weighted by Crippen LogP contribution is -2.06. The van der Waals surface area contributed by atoms with E-state index in [2.05, 4.69) is 9.99 Å². The van der Waals surface area contributed by atoms with E-state index in [4.69, 9.17) is 16.3 Å². The minimum Gasteiger partial charge on any atom is -0.489 e. The highest BCUT2D eigenvalue weighted by atomic mass is 35.5. The number of carbonyl (C=O) groups excluding carboxylic acids is 1. The van der Waals surface area contributed by atoms with Crippen molar-refractivity contribution in [3.8, 4) is 5.75 Å². The van der Waals surface area contributed by atoms with Crippen LogP contribution in [0, 0.1) is 0 Å². The number of ether oxygens (including phenoxy) is 1. The van der Waals surface area contributed by atoms with Gasteiger partial charge in [0.1, 0.15) is 18.1 Å². The molecule has 4 nitrogen and oxygen atoms in total. The van der Waals surface area contributed by atoms with Crippen molar-refractivity contribution in [2.45, 2.75) is 6.61 Å². The number of nitrogens with zero attached hydrogens (tertiary/aromatic N) is 1. The third-order valence-corrected chi connectivity index (χ3v) is 3.59. The van der Waals surface area contributed by atoms with Gasteiger partial charge in [0.05, 0.1) is 11.5 Å². The number of hydrogen-bond donors (Lipinski definition) is 0. The quantitative estimate of drug-likeness (QED) is 0.477. The number of hydrogen-bond acceptors (Lipinski definition) is 4. The molecule has 5 heteroatoms. The van der Waals surface area contributed by atoms with Crippen molar-refractivity contribution < 1.29 is 14.4 Å². The maximum atomic E-state index is 11.6. The summed E-state index contributed by atoms with van der Waals surface area (Å²) >= 11 is 5.73. The highest BCUT2D eigenvalue weighted by molar-refractivity contribution is 6.38. The van der Waals surface area contributed by atoms with Crippen molar-refractivity contribution in [3.05, 3.63) is 71.3 Å². The molecule has 3 rings (SSSR count). The summed E-state index contributed by atoms with van der Waals surface area (Å²) in [6.07, 6.45) is 1.71. The highest BCUT2D eigenvalue weighted by Crippen LogP contribution is 2.19. The van der Waals surface area contributed by atoms with Crippen LogP contribution in [0.1, 0.15) is 11.1 Å². The molecule has 1 heterocycles. The van der Waals surface area contributed by atoms with Crippen LogP contribution in [0.3, 0.4) is 0 Å². The predicted octanol–water partition coefficient (Wildman–Crippen LogP) is 3.80. The largest absolute Gasteiger partial charge is 0.489 e. The standard InChI is InChI=1S/C18H14ClNO3/c19-11-17-16(18(21)23-20-17)10-13-6-8-15(9-7-13)22-12-14-4-2-1-3-5-14/h1-10H,11-12H2/b16-10+. The van der Waals surface area contributed by atoms with Crippen molar-refractivity contribution in [1.82, 2.24) is 0 Å². The van der Waals surface area contributed by atoms with Crippen molar-refractivity contribution in [2.75, 3.05) is 5.88 Å². The van der Waals surface area contributed by atoms with Crippen LogP contribution < -0.4 is 4.74 Å². The van der Waals surface area contributed by atoms with Gasteiger partial charge in [-0.15, -0.1) is 11.6 Å². The van der Waals surface area contributed by atoms with Crippen LogP contribution in [0.5, 0.6) is 5.75 Å². The summed E-state index contributed by atoms with van der Waals surface area (Å²) < 4.78 is 5.72. The van der Waals surface area contributed by atoms with Gasteiger partial charge in [-0.3, -0.25) is 0 Å². The molecule has 0 saturated heterocycles. The summed E-state index contributed by atoms with van der Waals surface area (Å²) in [6.45, 7) is 0.511. The molecule has 0 fully saturated rings. The van der Waals surface area contributed by atoms with Crippen molar-refractivity contribution in [2.24, 2.45) is 5.16 Å². The van der Waals surface area contributed by atoms with E-state index in [1.54, 1.807) is 6.08 Å². The molecule has 0 atom stereocenters. The molecule has 2 aromatic carbocycles. The molecule has 23 heavy (non-hydrogen) atoms. The van der Waals surface area contributed by atoms with Gasteiger partial charge in [0.15, 0.2) is 0 Å². The summed E-state index contributed by atoms with van der Waals surface area (Å²) in [5, 5.41) is 3.64. The van der Waals surface area contributed by atoms with Gasteiger partial charge in [-0.1, -0.05) is 47.6 Å². The lowest BCUT2D eigenvalue weighted by atomic mass is 10.1. The molecular weight excluding hydrogens is 314 g/mol. The van der Waals surface area contributed by atoms with Crippen LogP contribution in [0.2, 0.25) is 0 Å². The first-order valence-corrected chi connectivity index (χ1v) is 7.63. The van der Waals surface area contributed by atoms with Gasteiger partial charge in [-0.2, -0.15) is 0 Å². The summed E-state index contributed by atoms with van der Waals surface area (Å²) in [5.41, 5.74) is 2.79. The van der Waals surface area contributed by atoms with E-state index in [1.807, 2.05) is 54.6 Å². The normalized spacial score (nSPS) is 15.4. The van der Waals surface area contributed by atoms with Gasteiger partial charge in [0.2, 0.25) is 0 Å². The second-order valence-electron chi connectivity index (χ2n) is 4.95. The number of alkyl halides is 1. The van der Waals surface area contributed by atoms with Crippen LogP contribution in [0.4, 0.5) is 0 Å². The second kappa shape index (κ2) is 7.11. The van der Waals surface area contributed by atoms with Crippen LogP contribution in [-0.4, -0.2) is 17.6 Å². The fraction of sp³-hybridized carbons (Fsp3) is 0.111. The molecule has 0 N–H and O–H groups in total. The minimum absolute atomic E-state index is 0.135. The first kappa shape index (κ1) is 15.3. The van der Waals surface area contributed by atoms with E-state index >= 15 is 0 Å². The fourth-order valence-electron chi connectivity index (χ4n) is 2.12. The number of halogens is 1. The van der Waals surface area contributed by atoms with E-state index in [9.17, 15) is 4.79 Å². The number of carbonyl (C=O) groups is 1. The first-order valence-electron chi connectivity index (χ1n) is 7.09. The Morgan fingerprint density at radius 1 is 1.09 bits per heavy atom. The van der Waals surface area contributed by atoms with Gasteiger partial charge < -0.3 is 9.57 Å². The van der Waals surface area contributed by atoms with E-state index in [0.717, 1.165) is 16.9 Å². The van der Waals surface area contributed by atoms with Crippen LogP contribution in [0.25, 0.3) is 6.08 Å². The van der Waals surface area contributed by atoms with Crippen molar-refractivity contribution >= 4 is 29.4 Å². The van der Waals surface area contributed by atoms with E-state index < -0.39 is 5.97 Å². The summed E-state index contributed by atoms with van der Waals surface area (Å²) in [5.74, 6) is 0.414. The molecule has 0 saturated carbocycles. The third kappa shape index (κ3) is 3.79. The smallest absolute Gasteiger partial charge is 0.367 e. The zero-order valence-corrected chi connectivity index (χ0v) is 13.0. The molecule has 2 aromatic rings. The van der Waals surface area contributed by atoms with Crippen LogP contribution in [-0.2, 0) is 16.2 Å². The SMILES string of the molecule is O=C1ON=C(CCl)/C1=C\c1ccc(OCc2ccccc2)cc1. The van der Waals surface area contributed by atoms with E-state index in [1.165, 1.54) is 0 Å². The molecule has 0 bridgehead atoms. The summed E-state index contributed by atoms with van der Waals surface area (Å²) in [6, 6.07) is 17.4. The Bertz CT molecular complexity index is 752. The minimum atomic E-state index is -0.481. The second-order valence-corrected chi connectivity index (χ2v) is 5.22. The Balaban J connectivity index is 1.68. The van der Waals surface area contributed by atoms with Gasteiger partial charge in [-0.05, 0) is 29.3 Å². The Morgan fingerprint density at radius 3 is 2.52 bits per heavy atom. The van der Waals surface area contributed by atoms with Gasteiger partial charge >= 0.3 is 5.97 Å². The summed E-state index contributed by atoms with van der Waals surface area (Å²) in [4.78, 5) is 16.2. The first-order chi connectivity index (χ1) is 11.3. The van der Waals surface area contributed by atoms with Crippen molar-refractivity contribution in [1.29, 1.82) is 0 Å². The predicted molar refractivity (Wildman–Crippen MR) is 89.4 cm³/mol. The molecule has 1 aliphatic rings. The lowest BCUT2D eigenvalue weighted by Gasteiger charge is -2.06. The van der Waals surface area contributed by atoms with Gasteiger partial charge in [0.25, 0.3) is 0 Å². The zero-order chi connectivity index (χ0) is 16.1. The molecular formula is C18H14ClNO3. The Labute approximate surface area is 139 Å². The topological polar surface area (TPSA) is 47.9 Å². The molecule has 1 aliphatic heterocycles. The van der Waals surface area contributed by atoms with Crippen LogP contribution >= 0.6 is 11.6 Å². The Kier molecular flexibility index (Phi) is 4.74. The Morgan fingerprint density at radius 2 is 1.83 bits per heavy atom. The highest BCUT2D eigenvalue weighted by Gasteiger charge is 2.24. The molecule has 0 aliphatic carbocycles. The number of benzene rings is 2. The Hall–Kier alpha value is -2.59. The number of rotatable bonds is 5. The average molecular weight is 328 g/mol. The average Bonchev–Trinajstić information content (AvgIpc) is 2.95. The third-order valence-electron chi connectivity index (χ3n) is 3.34. The molecule has 116 valence electrons. The lowest BCUT2D eigenvalue weighted by molar-refractivity contribution is -0.136.